The van der Waals surface area contributed by atoms with Crippen molar-refractivity contribution in [3.63, 3.8) is 0 Å². The zero-order chi connectivity index (χ0) is 45.9. The molecule has 0 N–H and O–H groups in total. The first kappa shape index (κ1) is 38.6. The summed E-state index contributed by atoms with van der Waals surface area (Å²) in [5.74, 6) is 1.33. The zero-order valence-electron chi connectivity index (χ0n) is 37.7. The van der Waals surface area contributed by atoms with Crippen LogP contribution in [0.15, 0.2) is 241 Å². The van der Waals surface area contributed by atoms with Gasteiger partial charge in [-0.2, -0.15) is 0 Å². The second kappa shape index (κ2) is 15.0. The molecule has 10 aromatic carbocycles. The number of para-hydroxylation sites is 5. The Morgan fingerprint density at radius 1 is 0.286 bits per heavy atom. The molecule has 6 heteroatoms. The van der Waals surface area contributed by atoms with Crippen LogP contribution < -0.4 is 0 Å². The van der Waals surface area contributed by atoms with Gasteiger partial charge in [-0.3, -0.25) is 4.57 Å². The number of hydrogen-bond donors (Lipinski definition) is 0. The van der Waals surface area contributed by atoms with Crippen LogP contribution in [0, 0.1) is 0 Å². The molecule has 15 aromatic rings. The SMILES string of the molecule is c1ccc(-c2nc(-n3c4ccccc4c4ccc(-c5ccc6c(c5)c5ccccc5n6-c5ccccc5)cc43)c3oc4ccc(-c5cccc(-n6c7ccccc7c7ccccc76)c5)cc4c3n2)cc1. The normalized spacial score (nSPS) is 12.0. The van der Waals surface area contributed by atoms with Crippen molar-refractivity contribution in [2.24, 2.45) is 0 Å². The lowest BCUT2D eigenvalue weighted by Gasteiger charge is -2.11. The highest BCUT2D eigenvalue weighted by atomic mass is 16.3. The summed E-state index contributed by atoms with van der Waals surface area (Å²) >= 11 is 0. The lowest BCUT2D eigenvalue weighted by Crippen LogP contribution is -2.02. The largest absolute Gasteiger partial charge is 0.450 e. The highest BCUT2D eigenvalue weighted by molar-refractivity contribution is 6.14. The summed E-state index contributed by atoms with van der Waals surface area (Å²) in [5.41, 5.74) is 16.5. The van der Waals surface area contributed by atoms with Crippen molar-refractivity contribution >= 4 is 87.5 Å². The van der Waals surface area contributed by atoms with E-state index in [1.807, 2.05) is 18.2 Å². The molecule has 5 aromatic heterocycles. The van der Waals surface area contributed by atoms with Crippen LogP contribution in [0.25, 0.3) is 138 Å². The van der Waals surface area contributed by atoms with Gasteiger partial charge in [-0.1, -0.05) is 158 Å². The number of benzene rings is 10. The molecule has 0 saturated heterocycles. The molecule has 0 unspecified atom stereocenters. The summed E-state index contributed by atoms with van der Waals surface area (Å²) in [7, 11) is 0. The van der Waals surface area contributed by atoms with Crippen molar-refractivity contribution < 1.29 is 4.42 Å². The minimum Gasteiger partial charge on any atom is -0.450 e. The standard InChI is InChI=1S/C64H39N5O/c1-3-16-40(17-4-1)63-65-61-53-38-43(41-18-15-21-46(36-41)68-54-26-11-7-22-47(54)48-23-8-12-27-55(48)68)32-35-60(53)70-62(61)64(66-63)69-57-29-14-9-24-49(57)51-33-30-44(39-59(51)69)42-31-34-58-52(37-42)50-25-10-13-28-56(50)67(58)45-19-5-2-6-20-45/h1-39H. The Bertz CT molecular complexity index is 4540. The smallest absolute Gasteiger partial charge is 0.197 e. The third-order valence-electron chi connectivity index (χ3n) is 14.3. The third-order valence-corrected chi connectivity index (χ3v) is 14.3. The molecule has 0 amide bonds. The van der Waals surface area contributed by atoms with E-state index < -0.39 is 0 Å². The van der Waals surface area contributed by atoms with Crippen molar-refractivity contribution in [1.29, 1.82) is 0 Å². The van der Waals surface area contributed by atoms with E-state index in [0.29, 0.717) is 17.2 Å². The average molecular weight is 894 g/mol. The number of aromatic nitrogens is 5. The topological polar surface area (TPSA) is 53.7 Å². The first-order chi connectivity index (χ1) is 34.7. The van der Waals surface area contributed by atoms with Gasteiger partial charge < -0.3 is 13.6 Å². The van der Waals surface area contributed by atoms with Crippen LogP contribution in [0.5, 0.6) is 0 Å². The molecule has 0 radical (unpaired) electrons. The number of hydrogen-bond acceptors (Lipinski definition) is 3. The fourth-order valence-electron chi connectivity index (χ4n) is 11.1. The van der Waals surface area contributed by atoms with Crippen molar-refractivity contribution in [1.82, 2.24) is 23.7 Å². The van der Waals surface area contributed by atoms with Gasteiger partial charge in [0.05, 0.1) is 33.1 Å². The highest BCUT2D eigenvalue weighted by Gasteiger charge is 2.23. The Kier molecular flexibility index (Phi) is 8.26. The Balaban J connectivity index is 0.929. The summed E-state index contributed by atoms with van der Waals surface area (Å²) < 4.78 is 14.0. The van der Waals surface area contributed by atoms with E-state index in [0.717, 1.165) is 77.5 Å². The van der Waals surface area contributed by atoms with Crippen LogP contribution in [0.4, 0.5) is 0 Å². The maximum atomic E-state index is 6.96. The van der Waals surface area contributed by atoms with Gasteiger partial charge in [0, 0.05) is 54.6 Å². The summed E-state index contributed by atoms with van der Waals surface area (Å²) in [4.78, 5) is 10.8. The minimum absolute atomic E-state index is 0.631. The molecule has 326 valence electrons. The number of fused-ring (bicyclic) bond motifs is 12. The van der Waals surface area contributed by atoms with Gasteiger partial charge in [0.15, 0.2) is 17.2 Å². The van der Waals surface area contributed by atoms with Gasteiger partial charge in [-0.05, 0) is 101 Å². The zero-order valence-corrected chi connectivity index (χ0v) is 37.7. The van der Waals surface area contributed by atoms with Crippen LogP contribution in [0.3, 0.4) is 0 Å². The molecular weight excluding hydrogens is 855 g/mol. The van der Waals surface area contributed by atoms with Gasteiger partial charge in [0.1, 0.15) is 11.1 Å². The lowest BCUT2D eigenvalue weighted by molar-refractivity contribution is 0.662. The average Bonchev–Trinajstić information content (AvgIpc) is 4.17. The second-order valence-electron chi connectivity index (χ2n) is 18.2. The van der Waals surface area contributed by atoms with E-state index >= 15 is 0 Å². The van der Waals surface area contributed by atoms with Crippen LogP contribution in [-0.2, 0) is 0 Å². The first-order valence-electron chi connectivity index (χ1n) is 23.7. The lowest BCUT2D eigenvalue weighted by atomic mass is 10.0. The van der Waals surface area contributed by atoms with E-state index in [2.05, 4.69) is 232 Å². The molecule has 0 bridgehead atoms. The molecule has 6 nitrogen and oxygen atoms in total. The highest BCUT2D eigenvalue weighted by Crippen LogP contribution is 2.42. The molecular formula is C64H39N5O. The molecule has 5 heterocycles. The van der Waals surface area contributed by atoms with Crippen molar-refractivity contribution in [2.75, 3.05) is 0 Å². The monoisotopic (exact) mass is 893 g/mol. The van der Waals surface area contributed by atoms with Gasteiger partial charge >= 0.3 is 0 Å². The van der Waals surface area contributed by atoms with Crippen LogP contribution in [-0.4, -0.2) is 23.7 Å². The molecule has 0 aliphatic heterocycles. The van der Waals surface area contributed by atoms with E-state index in [-0.39, 0.29) is 0 Å². The van der Waals surface area contributed by atoms with E-state index in [1.54, 1.807) is 0 Å². The van der Waals surface area contributed by atoms with Crippen molar-refractivity contribution in [3.05, 3.63) is 237 Å². The maximum absolute atomic E-state index is 6.96. The molecule has 0 saturated carbocycles. The summed E-state index contributed by atoms with van der Waals surface area (Å²) in [6.07, 6.45) is 0. The van der Waals surface area contributed by atoms with Crippen LogP contribution in [0.2, 0.25) is 0 Å². The Labute approximate surface area is 401 Å². The Hall–Kier alpha value is -9.52. The van der Waals surface area contributed by atoms with Gasteiger partial charge in [0.2, 0.25) is 0 Å². The van der Waals surface area contributed by atoms with Gasteiger partial charge in [-0.15, -0.1) is 0 Å². The number of furan rings is 1. The minimum atomic E-state index is 0.631. The molecule has 0 fully saturated rings. The Morgan fingerprint density at radius 2 is 0.757 bits per heavy atom. The third kappa shape index (κ3) is 5.74. The van der Waals surface area contributed by atoms with Crippen LogP contribution >= 0.6 is 0 Å². The van der Waals surface area contributed by atoms with Gasteiger partial charge in [0.25, 0.3) is 0 Å². The predicted octanol–water partition coefficient (Wildman–Crippen LogP) is 16.7. The fraction of sp³-hybridized carbons (Fsp3) is 0. The predicted molar refractivity (Wildman–Crippen MR) is 289 cm³/mol. The van der Waals surface area contributed by atoms with E-state index in [9.17, 15) is 0 Å². The Morgan fingerprint density at radius 3 is 1.44 bits per heavy atom. The quantitative estimate of drug-likeness (QED) is 0.167. The maximum Gasteiger partial charge on any atom is 0.197 e. The number of rotatable bonds is 6. The first-order valence-corrected chi connectivity index (χ1v) is 23.7. The number of nitrogens with zero attached hydrogens (tertiary/aromatic N) is 5. The van der Waals surface area contributed by atoms with Crippen molar-refractivity contribution in [2.45, 2.75) is 0 Å². The van der Waals surface area contributed by atoms with Gasteiger partial charge in [-0.25, -0.2) is 9.97 Å². The molecule has 0 spiro atoms. The fourth-order valence-corrected chi connectivity index (χ4v) is 11.1. The molecule has 0 aliphatic carbocycles. The summed E-state index contributed by atoms with van der Waals surface area (Å²) in [6.45, 7) is 0. The molecule has 0 atom stereocenters. The molecule has 0 aliphatic rings. The van der Waals surface area contributed by atoms with Crippen LogP contribution in [0.1, 0.15) is 0 Å². The van der Waals surface area contributed by atoms with Crippen molar-refractivity contribution in [3.8, 4) is 50.8 Å². The van der Waals surface area contributed by atoms with E-state index in [1.165, 1.54) is 43.6 Å². The molecule has 15 rings (SSSR count). The molecule has 70 heavy (non-hydrogen) atoms. The second-order valence-corrected chi connectivity index (χ2v) is 18.2. The summed E-state index contributed by atoms with van der Waals surface area (Å²) in [5, 5.41) is 8.12. The van der Waals surface area contributed by atoms with E-state index in [4.69, 9.17) is 14.4 Å². The summed E-state index contributed by atoms with van der Waals surface area (Å²) in [6, 6.07) is 84.4.